The fourth-order valence-electron chi connectivity index (χ4n) is 4.60. The molecule has 0 N–H and O–H groups in total. The number of hydrogen-bond acceptors (Lipinski definition) is 6. The Labute approximate surface area is 241 Å². The average Bonchev–Trinajstić information content (AvgIpc) is 3.51. The summed E-state index contributed by atoms with van der Waals surface area (Å²) in [6.07, 6.45) is 0. The standard InChI is InChI=1S/C29H27Cl2N5O2S/c1-20(21-6-3-2-4-7-21)36(29(38)26-8-5-17-39-26)19-28(37)35-15-13-34(14-16-35)27-12-11-25(32-33-27)23-10-9-22(30)18-24(23)31/h2-12,17-18,20H,13-16,19H2,1H3/t20-/m1/s1. The zero-order valence-corrected chi connectivity index (χ0v) is 23.7. The number of aromatic nitrogens is 2. The van der Waals surface area contributed by atoms with Crippen LogP contribution in [0.25, 0.3) is 11.3 Å². The number of benzene rings is 2. The molecule has 39 heavy (non-hydrogen) atoms. The van der Waals surface area contributed by atoms with Crippen LogP contribution in [-0.2, 0) is 4.79 Å². The number of nitrogens with zero attached hydrogens (tertiary/aromatic N) is 5. The molecular weight excluding hydrogens is 553 g/mol. The van der Waals surface area contributed by atoms with Gasteiger partial charge in [0.05, 0.1) is 21.6 Å². The van der Waals surface area contributed by atoms with E-state index >= 15 is 0 Å². The number of piperazine rings is 1. The number of thiophene rings is 1. The van der Waals surface area contributed by atoms with Crippen molar-refractivity contribution in [2.75, 3.05) is 37.6 Å². The molecule has 5 rings (SSSR count). The lowest BCUT2D eigenvalue weighted by Crippen LogP contribution is -2.52. The van der Waals surface area contributed by atoms with Crippen molar-refractivity contribution in [1.29, 1.82) is 0 Å². The van der Waals surface area contributed by atoms with Crippen LogP contribution in [0.2, 0.25) is 10.0 Å². The molecule has 0 bridgehead atoms. The minimum Gasteiger partial charge on any atom is -0.352 e. The van der Waals surface area contributed by atoms with Crippen molar-refractivity contribution in [1.82, 2.24) is 20.0 Å². The van der Waals surface area contributed by atoms with Crippen LogP contribution in [0.5, 0.6) is 0 Å². The van der Waals surface area contributed by atoms with E-state index in [1.165, 1.54) is 11.3 Å². The molecule has 2 aromatic heterocycles. The van der Waals surface area contributed by atoms with Gasteiger partial charge in [0.25, 0.3) is 5.91 Å². The molecule has 1 saturated heterocycles. The van der Waals surface area contributed by atoms with Gasteiger partial charge in [-0.1, -0.05) is 59.6 Å². The predicted octanol–water partition coefficient (Wildman–Crippen LogP) is 6.06. The maximum atomic E-state index is 13.4. The topological polar surface area (TPSA) is 69.6 Å². The molecule has 0 radical (unpaired) electrons. The molecule has 7 nitrogen and oxygen atoms in total. The van der Waals surface area contributed by atoms with Crippen LogP contribution in [-0.4, -0.2) is 64.5 Å². The number of amides is 2. The fourth-order valence-corrected chi connectivity index (χ4v) is 5.79. The maximum Gasteiger partial charge on any atom is 0.264 e. The number of anilines is 1. The molecule has 3 heterocycles. The third kappa shape index (κ3) is 6.24. The number of halogens is 2. The molecule has 2 amide bonds. The van der Waals surface area contributed by atoms with Crippen molar-refractivity contribution in [2.24, 2.45) is 0 Å². The molecule has 10 heteroatoms. The molecule has 1 aliphatic heterocycles. The minimum absolute atomic E-state index is 0.0170. The summed E-state index contributed by atoms with van der Waals surface area (Å²) in [7, 11) is 0. The lowest BCUT2D eigenvalue weighted by atomic mass is 10.1. The van der Waals surface area contributed by atoms with Crippen molar-refractivity contribution in [3.05, 3.63) is 98.7 Å². The highest BCUT2D eigenvalue weighted by molar-refractivity contribution is 7.12. The quantitative estimate of drug-likeness (QED) is 0.266. The zero-order chi connectivity index (χ0) is 27.4. The first kappa shape index (κ1) is 27.1. The largest absolute Gasteiger partial charge is 0.352 e. The molecule has 1 aliphatic rings. The van der Waals surface area contributed by atoms with E-state index < -0.39 is 0 Å². The molecule has 0 aliphatic carbocycles. The summed E-state index contributed by atoms with van der Waals surface area (Å²) in [4.78, 5) is 33.0. The molecule has 0 unspecified atom stereocenters. The summed E-state index contributed by atoms with van der Waals surface area (Å²) >= 11 is 13.7. The second-order valence-electron chi connectivity index (χ2n) is 9.27. The van der Waals surface area contributed by atoms with Crippen molar-refractivity contribution in [3.8, 4) is 11.3 Å². The van der Waals surface area contributed by atoms with Gasteiger partial charge in [0.1, 0.15) is 6.54 Å². The third-order valence-corrected chi connectivity index (χ3v) is 8.27. The summed E-state index contributed by atoms with van der Waals surface area (Å²) in [5, 5.41) is 11.7. The van der Waals surface area contributed by atoms with Crippen LogP contribution < -0.4 is 4.90 Å². The Morgan fingerprint density at radius 3 is 2.36 bits per heavy atom. The Bertz CT molecular complexity index is 1430. The van der Waals surface area contributed by atoms with Gasteiger partial charge < -0.3 is 14.7 Å². The average molecular weight is 581 g/mol. The molecule has 2 aromatic carbocycles. The fraction of sp³-hybridized carbons (Fsp3) is 0.241. The normalized spacial score (nSPS) is 14.2. The van der Waals surface area contributed by atoms with Gasteiger partial charge in [-0.15, -0.1) is 21.5 Å². The lowest BCUT2D eigenvalue weighted by Gasteiger charge is -2.37. The van der Waals surface area contributed by atoms with Gasteiger partial charge in [-0.3, -0.25) is 9.59 Å². The van der Waals surface area contributed by atoms with E-state index in [-0.39, 0.29) is 24.4 Å². The van der Waals surface area contributed by atoms with Crippen LogP contribution in [0.3, 0.4) is 0 Å². The molecule has 4 aromatic rings. The molecule has 1 fully saturated rings. The summed E-state index contributed by atoms with van der Waals surface area (Å²) < 4.78 is 0. The molecule has 0 saturated carbocycles. The highest BCUT2D eigenvalue weighted by Gasteiger charge is 2.29. The molecule has 1 atom stereocenters. The van der Waals surface area contributed by atoms with Crippen LogP contribution in [0.4, 0.5) is 5.82 Å². The summed E-state index contributed by atoms with van der Waals surface area (Å²) in [6.45, 7) is 4.29. The highest BCUT2D eigenvalue weighted by atomic mass is 35.5. The Morgan fingerprint density at radius 1 is 0.949 bits per heavy atom. The van der Waals surface area contributed by atoms with Gasteiger partial charge in [-0.25, -0.2) is 0 Å². The zero-order valence-electron chi connectivity index (χ0n) is 21.3. The van der Waals surface area contributed by atoms with E-state index in [0.717, 1.165) is 16.9 Å². The van der Waals surface area contributed by atoms with E-state index in [9.17, 15) is 9.59 Å². The van der Waals surface area contributed by atoms with Crippen LogP contribution in [0.1, 0.15) is 28.2 Å². The highest BCUT2D eigenvalue weighted by Crippen LogP contribution is 2.29. The van der Waals surface area contributed by atoms with E-state index in [0.29, 0.717) is 46.8 Å². The Kier molecular flexibility index (Phi) is 8.45. The van der Waals surface area contributed by atoms with E-state index in [4.69, 9.17) is 23.2 Å². The van der Waals surface area contributed by atoms with Gasteiger partial charge in [0, 0.05) is 36.8 Å². The van der Waals surface area contributed by atoms with Crippen LogP contribution in [0, 0.1) is 0 Å². The van der Waals surface area contributed by atoms with Gasteiger partial charge in [0.15, 0.2) is 5.82 Å². The van der Waals surface area contributed by atoms with E-state index in [1.807, 2.05) is 71.8 Å². The Balaban J connectivity index is 1.23. The summed E-state index contributed by atoms with van der Waals surface area (Å²) in [5.74, 6) is 0.536. The van der Waals surface area contributed by atoms with Crippen molar-refractivity contribution >= 4 is 52.2 Å². The van der Waals surface area contributed by atoms with Gasteiger partial charge >= 0.3 is 0 Å². The maximum absolute atomic E-state index is 13.4. The number of rotatable bonds is 7. The number of carbonyl (C=O) groups is 2. The first-order valence-corrected chi connectivity index (χ1v) is 14.3. The summed E-state index contributed by atoms with van der Waals surface area (Å²) in [5.41, 5.74) is 2.42. The molecular formula is C29H27Cl2N5O2S. The van der Waals surface area contributed by atoms with Gasteiger partial charge in [0.2, 0.25) is 5.91 Å². The third-order valence-electron chi connectivity index (χ3n) is 6.86. The summed E-state index contributed by atoms with van der Waals surface area (Å²) in [6, 6.07) is 22.3. The smallest absolute Gasteiger partial charge is 0.264 e. The van der Waals surface area contributed by atoms with Crippen LogP contribution in [0.15, 0.2) is 78.2 Å². The Morgan fingerprint density at radius 2 is 1.72 bits per heavy atom. The minimum atomic E-state index is -0.242. The van der Waals surface area contributed by atoms with Crippen LogP contribution >= 0.6 is 34.5 Å². The SMILES string of the molecule is C[C@H](c1ccccc1)N(CC(=O)N1CCN(c2ccc(-c3ccc(Cl)cc3Cl)nn2)CC1)C(=O)c1cccs1. The second-order valence-corrected chi connectivity index (χ2v) is 11.1. The van der Waals surface area contributed by atoms with Crippen molar-refractivity contribution < 1.29 is 9.59 Å². The Hall–Kier alpha value is -3.46. The lowest BCUT2D eigenvalue weighted by molar-refractivity contribution is -0.132. The van der Waals surface area contributed by atoms with Gasteiger partial charge in [-0.05, 0) is 54.3 Å². The molecule has 200 valence electrons. The molecule has 0 spiro atoms. The number of hydrogen-bond donors (Lipinski definition) is 0. The monoisotopic (exact) mass is 579 g/mol. The first-order chi connectivity index (χ1) is 18.9. The van der Waals surface area contributed by atoms with E-state index in [2.05, 4.69) is 15.1 Å². The van der Waals surface area contributed by atoms with Crippen molar-refractivity contribution in [3.63, 3.8) is 0 Å². The second kappa shape index (κ2) is 12.2. The predicted molar refractivity (Wildman–Crippen MR) is 156 cm³/mol. The number of carbonyl (C=O) groups excluding carboxylic acids is 2. The van der Waals surface area contributed by atoms with Crippen molar-refractivity contribution in [2.45, 2.75) is 13.0 Å². The van der Waals surface area contributed by atoms with E-state index in [1.54, 1.807) is 23.1 Å². The van der Waals surface area contributed by atoms with Gasteiger partial charge in [-0.2, -0.15) is 0 Å². The first-order valence-electron chi connectivity index (χ1n) is 12.6.